The van der Waals surface area contributed by atoms with Crippen LogP contribution >= 0.6 is 11.6 Å². The lowest BCUT2D eigenvalue weighted by molar-refractivity contribution is -0.697. The highest BCUT2D eigenvalue weighted by Crippen LogP contribution is 2.22. The smallest absolute Gasteiger partial charge is 0.193 e. The molecule has 0 aliphatic carbocycles. The van der Waals surface area contributed by atoms with Gasteiger partial charge in [0, 0.05) is 23.3 Å². The number of aromatic nitrogens is 1. The fraction of sp³-hybridized carbons (Fsp3) is 0.100. The lowest BCUT2D eigenvalue weighted by Gasteiger charge is -2.06. The van der Waals surface area contributed by atoms with Gasteiger partial charge < -0.3 is 4.74 Å². The zero-order valence-corrected chi connectivity index (χ0v) is 13.8. The Bertz CT molecular complexity index is 817. The summed E-state index contributed by atoms with van der Waals surface area (Å²) in [5.74, 6) is 0.700. The van der Waals surface area contributed by atoms with Gasteiger partial charge in [-0.25, -0.2) is 4.57 Å². The van der Waals surface area contributed by atoms with Crippen molar-refractivity contribution in [3.63, 3.8) is 0 Å². The van der Waals surface area contributed by atoms with Crippen molar-refractivity contribution in [2.24, 2.45) is 0 Å². The molecule has 120 valence electrons. The molecule has 0 aliphatic heterocycles. The monoisotopic (exact) mass is 338 g/mol. The number of rotatable bonds is 6. The second-order valence-corrected chi connectivity index (χ2v) is 5.71. The van der Waals surface area contributed by atoms with Gasteiger partial charge >= 0.3 is 0 Å². The van der Waals surface area contributed by atoms with E-state index in [0.29, 0.717) is 35.1 Å². The summed E-state index contributed by atoms with van der Waals surface area (Å²) in [5.41, 5.74) is 1.36. The minimum atomic E-state index is 0.0232. The number of carbonyl (C=O) groups excluding carboxylic acids is 1. The average molecular weight is 339 g/mol. The van der Waals surface area contributed by atoms with E-state index in [4.69, 9.17) is 16.3 Å². The van der Waals surface area contributed by atoms with Gasteiger partial charge in [0.15, 0.2) is 24.7 Å². The Morgan fingerprint density at radius 1 is 0.875 bits per heavy atom. The first-order chi connectivity index (χ1) is 11.7. The van der Waals surface area contributed by atoms with Gasteiger partial charge in [0.1, 0.15) is 12.4 Å². The lowest BCUT2D eigenvalue weighted by atomic mass is 10.0. The number of halogens is 1. The topological polar surface area (TPSA) is 30.2 Å². The van der Waals surface area contributed by atoms with E-state index in [2.05, 4.69) is 0 Å². The predicted molar refractivity (Wildman–Crippen MR) is 93.5 cm³/mol. The number of pyridine rings is 1. The van der Waals surface area contributed by atoms with Crippen LogP contribution in [0.4, 0.5) is 0 Å². The Balaban J connectivity index is 1.59. The summed E-state index contributed by atoms with van der Waals surface area (Å²) < 4.78 is 7.64. The minimum Gasteiger partial charge on any atom is -0.485 e. The Hall–Kier alpha value is -2.65. The van der Waals surface area contributed by atoms with Crippen molar-refractivity contribution in [3.05, 3.63) is 95.3 Å². The summed E-state index contributed by atoms with van der Waals surface area (Å²) in [6, 6.07) is 20.3. The SMILES string of the molecule is O=C(c1ccccc1)c1cc[n+](CCOc2ccccc2Cl)cc1. The van der Waals surface area contributed by atoms with Crippen LogP contribution in [-0.2, 0) is 6.54 Å². The van der Waals surface area contributed by atoms with Gasteiger partial charge in [0.2, 0.25) is 0 Å². The third-order valence-corrected chi connectivity index (χ3v) is 3.95. The summed E-state index contributed by atoms with van der Waals surface area (Å²) in [4.78, 5) is 12.3. The molecule has 0 bridgehead atoms. The molecule has 3 nitrogen and oxygen atoms in total. The van der Waals surface area contributed by atoms with Gasteiger partial charge in [-0.15, -0.1) is 0 Å². The van der Waals surface area contributed by atoms with E-state index < -0.39 is 0 Å². The van der Waals surface area contributed by atoms with E-state index in [-0.39, 0.29) is 5.78 Å². The molecule has 0 saturated heterocycles. The predicted octanol–water partition coefficient (Wildman–Crippen LogP) is 3.94. The second-order valence-electron chi connectivity index (χ2n) is 5.30. The minimum absolute atomic E-state index is 0.0232. The summed E-state index contributed by atoms with van der Waals surface area (Å²) >= 11 is 6.05. The molecule has 0 spiro atoms. The molecular formula is C20H17ClNO2+. The van der Waals surface area contributed by atoms with E-state index in [9.17, 15) is 4.79 Å². The molecular weight excluding hydrogens is 322 g/mol. The Morgan fingerprint density at radius 3 is 2.21 bits per heavy atom. The maximum Gasteiger partial charge on any atom is 0.193 e. The van der Waals surface area contributed by atoms with Gasteiger partial charge in [0.25, 0.3) is 0 Å². The standard InChI is InChI=1S/C20H17ClNO2/c21-18-8-4-5-9-19(18)24-15-14-22-12-10-17(11-13-22)20(23)16-6-2-1-3-7-16/h1-13H,14-15H2/q+1. The molecule has 4 heteroatoms. The van der Waals surface area contributed by atoms with Crippen molar-refractivity contribution < 1.29 is 14.1 Å². The van der Waals surface area contributed by atoms with Crippen LogP contribution in [0.3, 0.4) is 0 Å². The van der Waals surface area contributed by atoms with Gasteiger partial charge in [-0.2, -0.15) is 0 Å². The summed E-state index contributed by atoms with van der Waals surface area (Å²) in [5, 5.41) is 0.603. The van der Waals surface area contributed by atoms with Crippen LogP contribution in [0.2, 0.25) is 5.02 Å². The average Bonchev–Trinajstić information content (AvgIpc) is 2.64. The Kier molecular flexibility index (Phi) is 5.24. The highest BCUT2D eigenvalue weighted by Gasteiger charge is 2.10. The molecule has 24 heavy (non-hydrogen) atoms. The van der Waals surface area contributed by atoms with Crippen LogP contribution in [0, 0.1) is 0 Å². The molecule has 0 atom stereocenters. The number of ether oxygens (including phenoxy) is 1. The maximum absolute atomic E-state index is 12.3. The molecule has 1 heterocycles. The molecule has 3 rings (SSSR count). The molecule has 1 aromatic heterocycles. The highest BCUT2D eigenvalue weighted by molar-refractivity contribution is 6.32. The number of hydrogen-bond donors (Lipinski definition) is 0. The van der Waals surface area contributed by atoms with Crippen molar-refractivity contribution in [2.45, 2.75) is 6.54 Å². The molecule has 3 aromatic rings. The van der Waals surface area contributed by atoms with Crippen LogP contribution in [0.5, 0.6) is 5.75 Å². The van der Waals surface area contributed by atoms with Crippen molar-refractivity contribution in [2.75, 3.05) is 6.61 Å². The van der Waals surface area contributed by atoms with Crippen molar-refractivity contribution in [1.82, 2.24) is 0 Å². The number of benzene rings is 2. The first-order valence-corrected chi connectivity index (χ1v) is 8.08. The van der Waals surface area contributed by atoms with Crippen LogP contribution in [-0.4, -0.2) is 12.4 Å². The van der Waals surface area contributed by atoms with Crippen LogP contribution < -0.4 is 9.30 Å². The summed E-state index contributed by atoms with van der Waals surface area (Å²) in [6.45, 7) is 1.17. The number of hydrogen-bond acceptors (Lipinski definition) is 2. The molecule has 0 unspecified atom stereocenters. The first-order valence-electron chi connectivity index (χ1n) is 7.70. The Labute approximate surface area is 146 Å². The van der Waals surface area contributed by atoms with E-state index in [1.807, 2.05) is 77.6 Å². The molecule has 0 saturated carbocycles. The fourth-order valence-electron chi connectivity index (χ4n) is 2.34. The van der Waals surface area contributed by atoms with E-state index in [1.165, 1.54) is 0 Å². The number of nitrogens with zero attached hydrogens (tertiary/aromatic N) is 1. The quantitative estimate of drug-likeness (QED) is 0.503. The van der Waals surface area contributed by atoms with Gasteiger partial charge in [-0.3, -0.25) is 4.79 Å². The molecule has 0 aliphatic rings. The molecule has 0 amide bonds. The highest BCUT2D eigenvalue weighted by atomic mass is 35.5. The Morgan fingerprint density at radius 2 is 1.50 bits per heavy atom. The summed E-state index contributed by atoms with van der Waals surface area (Å²) in [7, 11) is 0. The van der Waals surface area contributed by atoms with Crippen LogP contribution in [0.15, 0.2) is 79.1 Å². The van der Waals surface area contributed by atoms with Gasteiger partial charge in [0.05, 0.1) is 5.02 Å². The number of para-hydroxylation sites is 1. The van der Waals surface area contributed by atoms with Crippen LogP contribution in [0.25, 0.3) is 0 Å². The largest absolute Gasteiger partial charge is 0.485 e. The number of ketones is 1. The summed E-state index contributed by atoms with van der Waals surface area (Å²) in [6.07, 6.45) is 3.76. The van der Waals surface area contributed by atoms with Gasteiger partial charge in [-0.1, -0.05) is 54.1 Å². The van der Waals surface area contributed by atoms with Crippen molar-refractivity contribution in [1.29, 1.82) is 0 Å². The van der Waals surface area contributed by atoms with E-state index in [1.54, 1.807) is 6.07 Å². The maximum atomic E-state index is 12.3. The zero-order valence-electron chi connectivity index (χ0n) is 13.1. The molecule has 0 radical (unpaired) electrons. The molecule has 0 N–H and O–H groups in total. The fourth-order valence-corrected chi connectivity index (χ4v) is 2.53. The zero-order chi connectivity index (χ0) is 16.8. The molecule has 2 aromatic carbocycles. The molecule has 0 fully saturated rings. The second kappa shape index (κ2) is 7.75. The van der Waals surface area contributed by atoms with Crippen molar-refractivity contribution in [3.8, 4) is 5.75 Å². The third kappa shape index (κ3) is 4.00. The van der Waals surface area contributed by atoms with E-state index >= 15 is 0 Å². The van der Waals surface area contributed by atoms with Gasteiger partial charge in [-0.05, 0) is 12.1 Å². The van der Waals surface area contributed by atoms with Crippen molar-refractivity contribution >= 4 is 17.4 Å². The lowest BCUT2D eigenvalue weighted by Crippen LogP contribution is -2.36. The first kappa shape index (κ1) is 16.2. The normalized spacial score (nSPS) is 10.4. The number of carbonyl (C=O) groups is 1. The third-order valence-electron chi connectivity index (χ3n) is 3.63. The van der Waals surface area contributed by atoms with E-state index in [0.717, 1.165) is 0 Å². The van der Waals surface area contributed by atoms with Crippen LogP contribution in [0.1, 0.15) is 15.9 Å².